The molecule has 5 nitrogen and oxygen atoms in total. The molecule has 1 fully saturated rings. The predicted molar refractivity (Wildman–Crippen MR) is 88.2 cm³/mol. The van der Waals surface area contributed by atoms with Crippen molar-refractivity contribution in [2.75, 3.05) is 38.2 Å². The Balaban J connectivity index is 1.61. The third kappa shape index (κ3) is 3.87. The van der Waals surface area contributed by atoms with E-state index in [4.69, 9.17) is 4.74 Å². The van der Waals surface area contributed by atoms with Crippen LogP contribution < -0.4 is 9.64 Å². The Morgan fingerprint density at radius 3 is 2.32 bits per heavy atom. The summed E-state index contributed by atoms with van der Waals surface area (Å²) in [4.78, 5) is 19.1. The summed E-state index contributed by atoms with van der Waals surface area (Å²) in [6.45, 7) is 1.77. The molecule has 134 valence electrons. The Bertz CT molecular complexity index is 738. The molecule has 0 atom stereocenters. The number of anilines is 1. The topological polar surface area (TPSA) is 45.7 Å². The van der Waals surface area contributed by atoms with Crippen molar-refractivity contribution in [1.29, 1.82) is 0 Å². The van der Waals surface area contributed by atoms with Gasteiger partial charge in [-0.25, -0.2) is 4.98 Å². The van der Waals surface area contributed by atoms with Crippen LogP contribution in [0.5, 0.6) is 5.75 Å². The van der Waals surface area contributed by atoms with Crippen LogP contribution >= 0.6 is 11.3 Å². The van der Waals surface area contributed by atoms with Crippen LogP contribution in [0.4, 0.5) is 18.3 Å². The molecule has 2 heterocycles. The summed E-state index contributed by atoms with van der Waals surface area (Å²) >= 11 is 0.629. The fraction of sp³-hybridized carbons (Fsp3) is 0.375. The first kappa shape index (κ1) is 17.5. The van der Waals surface area contributed by atoms with Gasteiger partial charge in [-0.05, 0) is 24.3 Å². The molecule has 1 aliphatic rings. The Labute approximate surface area is 146 Å². The molecule has 0 saturated carbocycles. The number of carbonyl (C=O) groups excluding carboxylic acids is 1. The summed E-state index contributed by atoms with van der Waals surface area (Å²) in [7, 11) is 1.55. The number of thiazole rings is 1. The second-order valence-corrected chi connectivity index (χ2v) is 6.52. The van der Waals surface area contributed by atoms with Crippen LogP contribution in [0.1, 0.15) is 15.2 Å². The second kappa shape index (κ2) is 6.91. The maximum Gasteiger partial charge on any atom is 0.427 e. The highest BCUT2D eigenvalue weighted by Gasteiger charge is 2.34. The van der Waals surface area contributed by atoms with E-state index in [0.29, 0.717) is 54.0 Å². The first-order chi connectivity index (χ1) is 11.9. The summed E-state index contributed by atoms with van der Waals surface area (Å²) in [5.41, 5.74) is 0.558. The number of aromatic nitrogens is 1. The highest BCUT2D eigenvalue weighted by atomic mass is 32.1. The van der Waals surface area contributed by atoms with Crippen LogP contribution in [0.15, 0.2) is 30.5 Å². The first-order valence-corrected chi connectivity index (χ1v) is 8.41. The number of alkyl halides is 3. The van der Waals surface area contributed by atoms with Gasteiger partial charge in [-0.3, -0.25) is 4.79 Å². The molecule has 9 heteroatoms. The molecule has 0 unspecified atom stereocenters. The fourth-order valence-corrected chi connectivity index (χ4v) is 3.39. The molecular formula is C16H16F3N3O2S. The molecule has 0 radical (unpaired) electrons. The van der Waals surface area contributed by atoms with Gasteiger partial charge in [0.1, 0.15) is 10.6 Å². The number of carbonyl (C=O) groups is 1. The zero-order valence-corrected chi connectivity index (χ0v) is 14.2. The lowest BCUT2D eigenvalue weighted by atomic mass is 10.1. The number of ether oxygens (including phenoxy) is 1. The van der Waals surface area contributed by atoms with Gasteiger partial charge in [0.05, 0.1) is 13.3 Å². The highest BCUT2D eigenvalue weighted by Crippen LogP contribution is 2.36. The minimum absolute atomic E-state index is 0.0996. The highest BCUT2D eigenvalue weighted by molar-refractivity contribution is 7.15. The first-order valence-electron chi connectivity index (χ1n) is 7.60. The van der Waals surface area contributed by atoms with Crippen LogP contribution in [0.3, 0.4) is 0 Å². The van der Waals surface area contributed by atoms with Gasteiger partial charge in [-0.1, -0.05) is 11.3 Å². The zero-order chi connectivity index (χ0) is 18.0. The number of methoxy groups -OCH3 is 1. The number of amides is 1. The molecule has 3 rings (SSSR count). The van der Waals surface area contributed by atoms with E-state index in [9.17, 15) is 18.0 Å². The molecule has 1 aliphatic heterocycles. The van der Waals surface area contributed by atoms with Crippen molar-refractivity contribution < 1.29 is 22.7 Å². The SMILES string of the molecule is COc1ccc(C(=O)N2CCN(c3ncc(C(F)(F)F)s3)CC2)cc1. The van der Waals surface area contributed by atoms with Crippen LogP contribution in [0.25, 0.3) is 0 Å². The molecule has 0 spiro atoms. The summed E-state index contributed by atoms with van der Waals surface area (Å²) in [6.07, 6.45) is -3.52. The Kier molecular flexibility index (Phi) is 4.85. The van der Waals surface area contributed by atoms with Crippen LogP contribution in [0, 0.1) is 0 Å². The van der Waals surface area contributed by atoms with E-state index in [0.717, 1.165) is 6.20 Å². The van der Waals surface area contributed by atoms with Crippen molar-refractivity contribution in [2.24, 2.45) is 0 Å². The lowest BCUT2D eigenvalue weighted by Gasteiger charge is -2.34. The van der Waals surface area contributed by atoms with E-state index in [1.807, 2.05) is 0 Å². The number of hydrogen-bond donors (Lipinski definition) is 0. The van der Waals surface area contributed by atoms with Gasteiger partial charge in [0, 0.05) is 31.7 Å². The van der Waals surface area contributed by atoms with E-state index < -0.39 is 11.1 Å². The van der Waals surface area contributed by atoms with Crippen LogP contribution in [-0.4, -0.2) is 49.1 Å². The quantitative estimate of drug-likeness (QED) is 0.832. The number of piperazine rings is 1. The molecule has 1 amide bonds. The van der Waals surface area contributed by atoms with E-state index in [1.54, 1.807) is 41.2 Å². The Morgan fingerprint density at radius 2 is 1.80 bits per heavy atom. The average molecular weight is 371 g/mol. The van der Waals surface area contributed by atoms with Gasteiger partial charge in [-0.15, -0.1) is 0 Å². The molecule has 1 saturated heterocycles. The summed E-state index contributed by atoms with van der Waals surface area (Å²) in [5, 5.41) is 0.337. The largest absolute Gasteiger partial charge is 0.497 e. The molecule has 1 aromatic heterocycles. The standard InChI is InChI=1S/C16H16F3N3O2S/c1-24-12-4-2-11(3-5-12)14(23)21-6-8-22(9-7-21)15-20-10-13(25-15)16(17,18)19/h2-5,10H,6-9H2,1H3. The molecule has 0 bridgehead atoms. The van der Waals surface area contributed by atoms with E-state index in [-0.39, 0.29) is 5.91 Å². The van der Waals surface area contributed by atoms with Crippen molar-refractivity contribution in [3.05, 3.63) is 40.9 Å². The predicted octanol–water partition coefficient (Wildman–Crippen LogP) is 3.13. The number of rotatable bonds is 3. The second-order valence-electron chi connectivity index (χ2n) is 5.51. The zero-order valence-electron chi connectivity index (χ0n) is 13.4. The summed E-state index contributed by atoms with van der Waals surface area (Å²) in [6, 6.07) is 6.84. The molecule has 1 aromatic carbocycles. The number of benzene rings is 1. The van der Waals surface area contributed by atoms with Crippen molar-refractivity contribution in [1.82, 2.24) is 9.88 Å². The smallest absolute Gasteiger partial charge is 0.427 e. The Morgan fingerprint density at radius 1 is 1.16 bits per heavy atom. The van der Waals surface area contributed by atoms with Gasteiger partial charge >= 0.3 is 6.18 Å². The lowest BCUT2D eigenvalue weighted by Crippen LogP contribution is -2.48. The third-order valence-electron chi connectivity index (χ3n) is 3.95. The van der Waals surface area contributed by atoms with Gasteiger partial charge < -0.3 is 14.5 Å². The van der Waals surface area contributed by atoms with Crippen molar-refractivity contribution in [2.45, 2.75) is 6.18 Å². The minimum atomic E-state index is -4.37. The van der Waals surface area contributed by atoms with Crippen LogP contribution in [-0.2, 0) is 6.18 Å². The van der Waals surface area contributed by atoms with Gasteiger partial charge in [0.2, 0.25) is 0 Å². The Hall–Kier alpha value is -2.29. The minimum Gasteiger partial charge on any atom is -0.497 e. The maximum absolute atomic E-state index is 12.7. The van der Waals surface area contributed by atoms with Crippen molar-refractivity contribution in [3.8, 4) is 5.75 Å². The fourth-order valence-electron chi connectivity index (χ4n) is 2.56. The van der Waals surface area contributed by atoms with E-state index in [1.165, 1.54) is 0 Å². The third-order valence-corrected chi connectivity index (χ3v) is 5.05. The number of nitrogens with zero attached hydrogens (tertiary/aromatic N) is 3. The maximum atomic E-state index is 12.7. The molecule has 0 aliphatic carbocycles. The number of halogens is 3. The van der Waals surface area contributed by atoms with E-state index in [2.05, 4.69) is 4.98 Å². The lowest BCUT2D eigenvalue weighted by molar-refractivity contribution is -0.134. The van der Waals surface area contributed by atoms with Crippen molar-refractivity contribution >= 4 is 22.4 Å². The monoisotopic (exact) mass is 371 g/mol. The van der Waals surface area contributed by atoms with E-state index >= 15 is 0 Å². The average Bonchev–Trinajstić information content (AvgIpc) is 3.12. The molecular weight excluding hydrogens is 355 g/mol. The van der Waals surface area contributed by atoms with Gasteiger partial charge in [0.15, 0.2) is 5.13 Å². The normalized spacial score (nSPS) is 15.4. The van der Waals surface area contributed by atoms with Crippen molar-refractivity contribution in [3.63, 3.8) is 0 Å². The molecule has 0 N–H and O–H groups in total. The molecule has 25 heavy (non-hydrogen) atoms. The summed E-state index contributed by atoms with van der Waals surface area (Å²) in [5.74, 6) is 0.572. The van der Waals surface area contributed by atoms with Crippen LogP contribution in [0.2, 0.25) is 0 Å². The number of hydrogen-bond acceptors (Lipinski definition) is 5. The van der Waals surface area contributed by atoms with Gasteiger partial charge in [-0.2, -0.15) is 13.2 Å². The summed E-state index contributed by atoms with van der Waals surface area (Å²) < 4.78 is 43.1. The van der Waals surface area contributed by atoms with Gasteiger partial charge in [0.25, 0.3) is 5.91 Å². The molecule has 2 aromatic rings.